The molecule has 1 aliphatic rings. The van der Waals surface area contributed by atoms with Gasteiger partial charge < -0.3 is 20.8 Å². The van der Waals surface area contributed by atoms with Gasteiger partial charge in [0.1, 0.15) is 6.04 Å². The number of amides is 1. The van der Waals surface area contributed by atoms with E-state index in [2.05, 4.69) is 10.6 Å². The number of rotatable bonds is 4. The molecule has 0 aromatic heterocycles. The number of hydrogen-bond donors (Lipinski definition) is 4. The van der Waals surface area contributed by atoms with Crippen LogP contribution in [0.5, 0.6) is 0 Å². The first-order chi connectivity index (χ1) is 9.59. The molecule has 6 nitrogen and oxygen atoms in total. The van der Waals surface area contributed by atoms with Crippen molar-refractivity contribution in [2.45, 2.75) is 25.3 Å². The largest absolute Gasteiger partial charge is 0.480 e. The molecule has 0 spiro atoms. The molecular formula is C14H20N2O4. The van der Waals surface area contributed by atoms with E-state index in [1.165, 1.54) is 0 Å². The Kier molecular flexibility index (Phi) is 7.13. The fourth-order valence-corrected chi connectivity index (χ4v) is 1.85. The highest BCUT2D eigenvalue weighted by atomic mass is 16.4. The number of benzene rings is 1. The summed E-state index contributed by atoms with van der Waals surface area (Å²) in [5.74, 6) is -0.720. The van der Waals surface area contributed by atoms with Crippen LogP contribution in [0.15, 0.2) is 30.3 Å². The van der Waals surface area contributed by atoms with Crippen LogP contribution in [0.3, 0.4) is 0 Å². The molecule has 1 aliphatic heterocycles. The van der Waals surface area contributed by atoms with Crippen LogP contribution in [0.4, 0.5) is 4.79 Å². The molecule has 0 saturated carbocycles. The van der Waals surface area contributed by atoms with Crippen molar-refractivity contribution in [3.8, 4) is 0 Å². The number of nitrogens with one attached hydrogen (secondary N) is 2. The maximum atomic E-state index is 10.1. The van der Waals surface area contributed by atoms with Crippen LogP contribution in [0.25, 0.3) is 0 Å². The zero-order valence-corrected chi connectivity index (χ0v) is 11.2. The third kappa shape index (κ3) is 6.75. The van der Waals surface area contributed by atoms with Gasteiger partial charge in [-0.1, -0.05) is 30.3 Å². The van der Waals surface area contributed by atoms with E-state index in [9.17, 15) is 9.59 Å². The number of carbonyl (C=O) groups is 2. The molecule has 1 saturated heterocycles. The van der Waals surface area contributed by atoms with Crippen molar-refractivity contribution in [1.29, 1.82) is 0 Å². The zero-order valence-electron chi connectivity index (χ0n) is 11.2. The second-order valence-corrected chi connectivity index (χ2v) is 4.45. The minimum atomic E-state index is -0.967. The highest BCUT2D eigenvalue weighted by Gasteiger charge is 2.20. The average molecular weight is 280 g/mol. The smallest absolute Gasteiger partial charge is 0.404 e. The van der Waals surface area contributed by atoms with E-state index in [1.54, 1.807) is 0 Å². The molecule has 20 heavy (non-hydrogen) atoms. The summed E-state index contributed by atoms with van der Waals surface area (Å²) in [6, 6.07) is 9.50. The summed E-state index contributed by atoms with van der Waals surface area (Å²) in [7, 11) is 0. The number of aliphatic carboxylic acids is 1. The standard InChI is InChI=1S/C9H11NO2.C5H9NO2/c11-9(12)10-7-6-8-4-2-1-3-5-8;7-5(8)4-2-1-3-6-4/h1-5,10H,6-7H2,(H,11,12);4,6H,1-3H2,(H,7,8). The number of hydrogen-bond acceptors (Lipinski definition) is 3. The molecule has 6 heteroatoms. The zero-order chi connectivity index (χ0) is 14.8. The lowest BCUT2D eigenvalue weighted by atomic mass is 10.1. The fourth-order valence-electron chi connectivity index (χ4n) is 1.85. The average Bonchev–Trinajstić information content (AvgIpc) is 2.94. The van der Waals surface area contributed by atoms with Crippen molar-refractivity contribution in [2.75, 3.05) is 13.1 Å². The Bertz CT molecular complexity index is 416. The van der Waals surface area contributed by atoms with Gasteiger partial charge in [-0.3, -0.25) is 4.79 Å². The number of carboxylic acid groups (broad SMARTS) is 2. The normalized spacial score (nSPS) is 16.9. The minimum absolute atomic E-state index is 0.269. The molecule has 4 N–H and O–H groups in total. The Morgan fingerprint density at radius 1 is 1.25 bits per heavy atom. The lowest BCUT2D eigenvalue weighted by Crippen LogP contribution is -2.29. The first-order valence-electron chi connectivity index (χ1n) is 6.56. The van der Waals surface area contributed by atoms with Gasteiger partial charge in [-0.15, -0.1) is 0 Å². The summed E-state index contributed by atoms with van der Waals surface area (Å²) in [5, 5.41) is 21.8. The molecule has 0 radical (unpaired) electrons. The van der Waals surface area contributed by atoms with Gasteiger partial charge in [0.2, 0.25) is 0 Å². The first kappa shape index (κ1) is 16.0. The van der Waals surface area contributed by atoms with E-state index < -0.39 is 12.1 Å². The molecule has 1 heterocycles. The van der Waals surface area contributed by atoms with Gasteiger partial charge in [0.15, 0.2) is 0 Å². The Labute approximate surface area is 117 Å². The third-order valence-corrected chi connectivity index (χ3v) is 2.89. The van der Waals surface area contributed by atoms with Gasteiger partial charge in [0.25, 0.3) is 0 Å². The maximum Gasteiger partial charge on any atom is 0.404 e. The van der Waals surface area contributed by atoms with Crippen LogP contribution < -0.4 is 10.6 Å². The summed E-state index contributed by atoms with van der Waals surface area (Å²) >= 11 is 0. The van der Waals surface area contributed by atoms with Crippen molar-refractivity contribution in [3.05, 3.63) is 35.9 Å². The molecule has 110 valence electrons. The second kappa shape index (κ2) is 8.92. The van der Waals surface area contributed by atoms with E-state index in [4.69, 9.17) is 10.2 Å². The summed E-state index contributed by atoms with van der Waals surface area (Å²) in [6.45, 7) is 1.33. The van der Waals surface area contributed by atoms with Crippen molar-refractivity contribution in [3.63, 3.8) is 0 Å². The first-order valence-corrected chi connectivity index (χ1v) is 6.56. The topological polar surface area (TPSA) is 98.7 Å². The number of carboxylic acids is 1. The van der Waals surface area contributed by atoms with E-state index >= 15 is 0 Å². The Morgan fingerprint density at radius 3 is 2.40 bits per heavy atom. The SMILES string of the molecule is O=C(O)C1CCCN1.O=C(O)NCCc1ccccc1. The van der Waals surface area contributed by atoms with Crippen LogP contribution >= 0.6 is 0 Å². The van der Waals surface area contributed by atoms with E-state index in [1.807, 2.05) is 30.3 Å². The Hall–Kier alpha value is -2.08. The Morgan fingerprint density at radius 2 is 1.95 bits per heavy atom. The van der Waals surface area contributed by atoms with Crippen LogP contribution in [0.2, 0.25) is 0 Å². The Balaban J connectivity index is 0.000000217. The quantitative estimate of drug-likeness (QED) is 0.666. The molecule has 2 rings (SSSR count). The van der Waals surface area contributed by atoms with Crippen LogP contribution in [0.1, 0.15) is 18.4 Å². The molecule has 1 atom stereocenters. The second-order valence-electron chi connectivity index (χ2n) is 4.45. The maximum absolute atomic E-state index is 10.1. The predicted molar refractivity (Wildman–Crippen MR) is 74.8 cm³/mol. The van der Waals surface area contributed by atoms with Crippen LogP contribution in [0, 0.1) is 0 Å². The molecule has 1 unspecified atom stereocenters. The highest BCUT2D eigenvalue weighted by molar-refractivity contribution is 5.73. The van der Waals surface area contributed by atoms with Crippen molar-refractivity contribution in [1.82, 2.24) is 10.6 Å². The predicted octanol–water partition coefficient (Wildman–Crippen LogP) is 1.32. The van der Waals surface area contributed by atoms with Crippen molar-refractivity contribution < 1.29 is 19.8 Å². The van der Waals surface area contributed by atoms with Gasteiger partial charge in [-0.2, -0.15) is 0 Å². The van der Waals surface area contributed by atoms with E-state index in [0.29, 0.717) is 6.54 Å². The van der Waals surface area contributed by atoms with Crippen LogP contribution in [-0.2, 0) is 11.2 Å². The van der Waals surface area contributed by atoms with E-state index in [-0.39, 0.29) is 6.04 Å². The van der Waals surface area contributed by atoms with Gasteiger partial charge in [-0.05, 0) is 31.4 Å². The summed E-state index contributed by atoms with van der Waals surface area (Å²) < 4.78 is 0. The molecule has 1 aromatic carbocycles. The fraction of sp³-hybridized carbons (Fsp3) is 0.429. The summed E-state index contributed by atoms with van der Waals surface area (Å²) in [5.41, 5.74) is 1.14. The molecule has 0 bridgehead atoms. The van der Waals surface area contributed by atoms with E-state index in [0.717, 1.165) is 31.4 Å². The van der Waals surface area contributed by atoms with Crippen LogP contribution in [-0.4, -0.2) is 41.4 Å². The minimum Gasteiger partial charge on any atom is -0.480 e. The molecule has 0 aliphatic carbocycles. The highest BCUT2D eigenvalue weighted by Crippen LogP contribution is 2.03. The third-order valence-electron chi connectivity index (χ3n) is 2.89. The lowest BCUT2D eigenvalue weighted by Gasteiger charge is -2.00. The molecule has 1 amide bonds. The van der Waals surface area contributed by atoms with Gasteiger partial charge in [0, 0.05) is 6.54 Å². The van der Waals surface area contributed by atoms with Gasteiger partial charge >= 0.3 is 12.1 Å². The summed E-state index contributed by atoms with van der Waals surface area (Å²) in [4.78, 5) is 20.2. The van der Waals surface area contributed by atoms with Gasteiger partial charge in [-0.25, -0.2) is 4.79 Å². The van der Waals surface area contributed by atoms with Crippen molar-refractivity contribution >= 4 is 12.1 Å². The molecule has 1 fully saturated rings. The molecular weight excluding hydrogens is 260 g/mol. The molecule has 1 aromatic rings. The lowest BCUT2D eigenvalue weighted by molar-refractivity contribution is -0.139. The monoisotopic (exact) mass is 280 g/mol. The van der Waals surface area contributed by atoms with Gasteiger partial charge in [0.05, 0.1) is 0 Å². The summed E-state index contributed by atoms with van der Waals surface area (Å²) in [6.07, 6.45) is 1.56. The van der Waals surface area contributed by atoms with Crippen molar-refractivity contribution in [2.24, 2.45) is 0 Å².